The molecule has 0 unspecified atom stereocenters. The zero-order valence-electron chi connectivity index (χ0n) is 18.9. The van der Waals surface area contributed by atoms with E-state index in [4.69, 9.17) is 9.47 Å². The molecule has 0 amide bonds. The van der Waals surface area contributed by atoms with Crippen LogP contribution in [-0.2, 0) is 5.41 Å². The monoisotopic (exact) mass is 412 g/mol. The second-order valence-electron chi connectivity index (χ2n) is 8.70. The molecule has 0 spiro atoms. The van der Waals surface area contributed by atoms with Gasteiger partial charge in [-0.1, -0.05) is 54.7 Å². The Morgan fingerprint density at radius 1 is 0.700 bits per heavy atom. The molecule has 30 heavy (non-hydrogen) atoms. The first-order valence-corrected chi connectivity index (χ1v) is 11.1. The average molecular weight is 413 g/mol. The molecule has 0 radical (unpaired) electrons. The van der Waals surface area contributed by atoms with Crippen molar-refractivity contribution in [1.82, 2.24) is 0 Å². The van der Waals surface area contributed by atoms with Crippen LogP contribution < -0.4 is 9.47 Å². The number of ether oxygens (including phenoxy) is 2. The lowest BCUT2D eigenvalue weighted by molar-refractivity contribution is 0.191. The Balaban J connectivity index is 2.28. The van der Waals surface area contributed by atoms with E-state index in [9.17, 15) is 10.2 Å². The van der Waals surface area contributed by atoms with Gasteiger partial charge in [-0.05, 0) is 51.7 Å². The van der Waals surface area contributed by atoms with E-state index in [2.05, 4.69) is 52.0 Å². The fraction of sp³-hybridized carbons (Fsp3) is 0.538. The minimum absolute atomic E-state index is 0.00578. The molecule has 4 nitrogen and oxygen atoms in total. The van der Waals surface area contributed by atoms with Crippen molar-refractivity contribution in [3.05, 3.63) is 57.6 Å². The van der Waals surface area contributed by atoms with Crippen molar-refractivity contribution in [2.24, 2.45) is 0 Å². The van der Waals surface area contributed by atoms with Crippen LogP contribution in [0.4, 0.5) is 0 Å². The summed E-state index contributed by atoms with van der Waals surface area (Å²) in [7, 11) is 0. The topological polar surface area (TPSA) is 58.9 Å². The first-order chi connectivity index (χ1) is 14.4. The summed E-state index contributed by atoms with van der Waals surface area (Å²) in [5, 5.41) is 18.8. The molecule has 0 atom stereocenters. The molecule has 2 N–H and O–H groups in total. The molecule has 0 aromatic heterocycles. The van der Waals surface area contributed by atoms with Crippen LogP contribution in [0.2, 0.25) is 0 Å². The van der Waals surface area contributed by atoms with Crippen LogP contribution in [0.15, 0.2) is 24.3 Å². The molecule has 3 rings (SSSR count). The molecule has 1 aliphatic rings. The zero-order valence-corrected chi connectivity index (χ0v) is 18.9. The van der Waals surface area contributed by atoms with E-state index in [1.54, 1.807) is 0 Å². The molecular formula is C26H36O4. The van der Waals surface area contributed by atoms with Crippen LogP contribution in [-0.4, -0.2) is 36.6 Å². The lowest BCUT2D eigenvalue weighted by Gasteiger charge is -2.41. The third-order valence-electron chi connectivity index (χ3n) is 6.25. The SMILES string of the molecule is Cc1cc(C)c(OCCO)c(C2(c3cc(C)cc(C)c3OCCO)CCCCC2)c1. The van der Waals surface area contributed by atoms with Gasteiger partial charge in [0.05, 0.1) is 13.2 Å². The van der Waals surface area contributed by atoms with Gasteiger partial charge in [-0.2, -0.15) is 0 Å². The number of aryl methyl sites for hydroxylation is 4. The zero-order chi connectivity index (χ0) is 21.7. The van der Waals surface area contributed by atoms with E-state index in [-0.39, 0.29) is 31.8 Å². The first kappa shape index (κ1) is 22.6. The molecule has 1 fully saturated rings. The van der Waals surface area contributed by atoms with Crippen molar-refractivity contribution in [3.63, 3.8) is 0 Å². The molecule has 2 aromatic carbocycles. The summed E-state index contributed by atoms with van der Waals surface area (Å²) in [6.07, 6.45) is 5.60. The van der Waals surface area contributed by atoms with Gasteiger partial charge in [0.25, 0.3) is 0 Å². The highest BCUT2D eigenvalue weighted by atomic mass is 16.5. The summed E-state index contributed by atoms with van der Waals surface area (Å²) in [4.78, 5) is 0. The van der Waals surface area contributed by atoms with Crippen LogP contribution in [0.3, 0.4) is 0 Å². The van der Waals surface area contributed by atoms with Gasteiger partial charge < -0.3 is 19.7 Å². The highest BCUT2D eigenvalue weighted by Crippen LogP contribution is 2.52. The summed E-state index contributed by atoms with van der Waals surface area (Å²) in [5.41, 5.74) is 6.83. The largest absolute Gasteiger partial charge is 0.491 e. The third-order valence-corrected chi connectivity index (χ3v) is 6.25. The van der Waals surface area contributed by atoms with Crippen LogP contribution in [0.5, 0.6) is 11.5 Å². The van der Waals surface area contributed by atoms with Gasteiger partial charge in [0.15, 0.2) is 0 Å². The van der Waals surface area contributed by atoms with Gasteiger partial charge in [0.1, 0.15) is 24.7 Å². The van der Waals surface area contributed by atoms with Crippen molar-refractivity contribution >= 4 is 0 Å². The Kier molecular flexibility index (Phi) is 7.43. The van der Waals surface area contributed by atoms with Gasteiger partial charge in [-0.3, -0.25) is 0 Å². The Bertz CT molecular complexity index is 800. The summed E-state index contributed by atoms with van der Waals surface area (Å²) in [6, 6.07) is 8.83. The normalized spacial score (nSPS) is 15.8. The summed E-state index contributed by atoms with van der Waals surface area (Å²) in [6.45, 7) is 9.00. The number of hydrogen-bond acceptors (Lipinski definition) is 4. The van der Waals surface area contributed by atoms with Crippen LogP contribution in [0.1, 0.15) is 65.5 Å². The van der Waals surface area contributed by atoms with E-state index in [0.29, 0.717) is 0 Å². The number of benzene rings is 2. The molecule has 0 bridgehead atoms. The predicted octanol–water partition coefficient (Wildman–Crippen LogP) is 4.91. The average Bonchev–Trinajstić information content (AvgIpc) is 2.72. The van der Waals surface area contributed by atoms with Crippen molar-refractivity contribution < 1.29 is 19.7 Å². The molecule has 0 saturated heterocycles. The molecule has 0 aliphatic heterocycles. The van der Waals surface area contributed by atoms with Crippen LogP contribution >= 0.6 is 0 Å². The lowest BCUT2D eigenvalue weighted by Crippen LogP contribution is -2.32. The van der Waals surface area contributed by atoms with Crippen molar-refractivity contribution in [1.29, 1.82) is 0 Å². The van der Waals surface area contributed by atoms with E-state index < -0.39 is 0 Å². The fourth-order valence-corrected chi connectivity index (χ4v) is 5.14. The number of aliphatic hydroxyl groups excluding tert-OH is 2. The van der Waals surface area contributed by atoms with Gasteiger partial charge in [0, 0.05) is 16.5 Å². The summed E-state index contributed by atoms with van der Waals surface area (Å²) < 4.78 is 12.2. The third kappa shape index (κ3) is 4.50. The van der Waals surface area contributed by atoms with Crippen molar-refractivity contribution in [2.75, 3.05) is 26.4 Å². The van der Waals surface area contributed by atoms with E-state index in [1.165, 1.54) is 28.7 Å². The second kappa shape index (κ2) is 9.84. The van der Waals surface area contributed by atoms with E-state index in [1.807, 2.05) is 0 Å². The molecule has 1 saturated carbocycles. The molecule has 164 valence electrons. The molecule has 2 aromatic rings. The van der Waals surface area contributed by atoms with Gasteiger partial charge in [-0.25, -0.2) is 0 Å². The van der Waals surface area contributed by atoms with Crippen LogP contribution in [0.25, 0.3) is 0 Å². The highest BCUT2D eigenvalue weighted by molar-refractivity contribution is 5.58. The predicted molar refractivity (Wildman–Crippen MR) is 121 cm³/mol. The minimum atomic E-state index is -0.207. The Hall–Kier alpha value is -2.04. The van der Waals surface area contributed by atoms with Crippen LogP contribution in [0, 0.1) is 27.7 Å². The van der Waals surface area contributed by atoms with Gasteiger partial charge in [-0.15, -0.1) is 0 Å². The van der Waals surface area contributed by atoms with Crippen molar-refractivity contribution in [2.45, 2.75) is 65.2 Å². The Labute approximate surface area is 180 Å². The standard InChI is InChI=1S/C26H36O4/c1-18-14-20(3)24(29-12-10-27)22(16-18)26(8-6-5-7-9-26)23-17-19(2)15-21(4)25(23)30-13-11-28/h14-17,27-28H,5-13H2,1-4H3. The second-order valence-corrected chi connectivity index (χ2v) is 8.70. The number of aliphatic hydroxyl groups is 2. The van der Waals surface area contributed by atoms with E-state index in [0.717, 1.165) is 48.3 Å². The lowest BCUT2D eigenvalue weighted by atomic mass is 9.64. The molecule has 0 heterocycles. The highest BCUT2D eigenvalue weighted by Gasteiger charge is 2.41. The number of hydrogen-bond donors (Lipinski definition) is 2. The fourth-order valence-electron chi connectivity index (χ4n) is 5.14. The maximum atomic E-state index is 9.40. The minimum Gasteiger partial charge on any atom is -0.491 e. The van der Waals surface area contributed by atoms with Crippen molar-refractivity contribution in [3.8, 4) is 11.5 Å². The first-order valence-electron chi connectivity index (χ1n) is 11.1. The quantitative estimate of drug-likeness (QED) is 0.647. The molecular weight excluding hydrogens is 376 g/mol. The summed E-state index contributed by atoms with van der Waals surface area (Å²) >= 11 is 0. The molecule has 1 aliphatic carbocycles. The maximum Gasteiger partial charge on any atom is 0.126 e. The van der Waals surface area contributed by atoms with Gasteiger partial charge >= 0.3 is 0 Å². The smallest absolute Gasteiger partial charge is 0.126 e. The number of rotatable bonds is 8. The Morgan fingerprint density at radius 3 is 1.53 bits per heavy atom. The Morgan fingerprint density at radius 2 is 1.13 bits per heavy atom. The maximum absolute atomic E-state index is 9.40. The van der Waals surface area contributed by atoms with Gasteiger partial charge in [0.2, 0.25) is 0 Å². The summed E-state index contributed by atoms with van der Waals surface area (Å²) in [5.74, 6) is 1.78. The molecule has 4 heteroatoms. The van der Waals surface area contributed by atoms with E-state index >= 15 is 0 Å².